The van der Waals surface area contributed by atoms with Crippen molar-refractivity contribution >= 4 is 16.7 Å². The first-order valence-electron chi connectivity index (χ1n) is 7.58. The van der Waals surface area contributed by atoms with Gasteiger partial charge in [0.2, 0.25) is 5.91 Å². The highest BCUT2D eigenvalue weighted by Crippen LogP contribution is 2.12. The van der Waals surface area contributed by atoms with Crippen molar-refractivity contribution in [3.8, 4) is 0 Å². The number of nitrogens with one attached hydrogen (secondary N) is 1. The number of fused-ring (bicyclic) bond motifs is 1. The molecule has 1 aromatic carbocycles. The minimum Gasteiger partial charge on any atom is -0.389 e. The van der Waals surface area contributed by atoms with Crippen molar-refractivity contribution in [1.29, 1.82) is 0 Å². The lowest BCUT2D eigenvalue weighted by atomic mass is 10.1. The smallest absolute Gasteiger partial charge is 0.275 e. The summed E-state index contributed by atoms with van der Waals surface area (Å²) in [7, 11) is 0. The summed E-state index contributed by atoms with van der Waals surface area (Å²) in [5, 5.41) is 18.1. The molecule has 1 saturated heterocycles. The Hall–Kier alpha value is -2.25. The van der Waals surface area contributed by atoms with E-state index < -0.39 is 6.10 Å². The van der Waals surface area contributed by atoms with E-state index in [9.17, 15) is 14.7 Å². The second-order valence-electron chi connectivity index (χ2n) is 5.70. The number of ether oxygens (including phenoxy) is 1. The number of aryl methyl sites for hydroxylation is 1. The molecule has 1 aliphatic heterocycles. The van der Waals surface area contributed by atoms with E-state index in [4.69, 9.17) is 4.74 Å². The average molecular weight is 317 g/mol. The lowest BCUT2D eigenvalue weighted by Gasteiger charge is -2.28. The van der Waals surface area contributed by atoms with Gasteiger partial charge in [-0.05, 0) is 19.4 Å². The van der Waals surface area contributed by atoms with Crippen LogP contribution in [0.2, 0.25) is 0 Å². The molecular weight excluding hydrogens is 298 g/mol. The van der Waals surface area contributed by atoms with Crippen molar-refractivity contribution in [2.75, 3.05) is 13.2 Å². The standard InChI is InChI=1S/C16H19N3O4/c1-10-11-4-2-3-5-12(11)16(22)19(18-10)8-15(21)17-13-6-7-23-9-14(13)20/h2-5,13-14,20H,6-9H2,1H3,(H,17,21)/t13-,14-/m1/s1. The van der Waals surface area contributed by atoms with Crippen LogP contribution in [-0.2, 0) is 16.1 Å². The molecule has 3 rings (SSSR count). The maximum Gasteiger partial charge on any atom is 0.275 e. The predicted octanol–water partition coefficient (Wildman–Crippen LogP) is -0.0291. The monoisotopic (exact) mass is 317 g/mol. The number of rotatable bonds is 3. The molecule has 1 aromatic heterocycles. The Morgan fingerprint density at radius 1 is 1.43 bits per heavy atom. The zero-order chi connectivity index (χ0) is 16.4. The van der Waals surface area contributed by atoms with Gasteiger partial charge in [0.25, 0.3) is 5.56 Å². The minimum atomic E-state index is -0.726. The molecule has 2 heterocycles. The van der Waals surface area contributed by atoms with Crippen molar-refractivity contribution < 1.29 is 14.6 Å². The summed E-state index contributed by atoms with van der Waals surface area (Å²) in [6.45, 7) is 2.33. The molecule has 0 bridgehead atoms. The van der Waals surface area contributed by atoms with E-state index in [1.165, 1.54) is 4.68 Å². The molecule has 1 aliphatic rings. The molecular formula is C16H19N3O4. The van der Waals surface area contributed by atoms with Gasteiger partial charge in [0, 0.05) is 12.0 Å². The largest absolute Gasteiger partial charge is 0.389 e. The summed E-state index contributed by atoms with van der Waals surface area (Å²) < 4.78 is 6.29. The van der Waals surface area contributed by atoms with Crippen LogP contribution in [0.25, 0.3) is 10.8 Å². The van der Waals surface area contributed by atoms with Crippen molar-refractivity contribution in [2.45, 2.75) is 32.0 Å². The number of amides is 1. The topological polar surface area (TPSA) is 93.5 Å². The van der Waals surface area contributed by atoms with Crippen molar-refractivity contribution in [2.24, 2.45) is 0 Å². The molecule has 1 amide bonds. The van der Waals surface area contributed by atoms with Gasteiger partial charge in [-0.2, -0.15) is 5.10 Å². The number of hydrogen-bond acceptors (Lipinski definition) is 5. The third kappa shape index (κ3) is 3.25. The third-order valence-electron chi connectivity index (χ3n) is 4.02. The Morgan fingerprint density at radius 3 is 2.91 bits per heavy atom. The molecule has 0 spiro atoms. The van der Waals surface area contributed by atoms with Crippen molar-refractivity contribution in [3.63, 3.8) is 0 Å². The second-order valence-corrected chi connectivity index (χ2v) is 5.70. The first kappa shape index (κ1) is 15.6. The molecule has 7 nitrogen and oxygen atoms in total. The summed E-state index contributed by atoms with van der Waals surface area (Å²) in [6.07, 6.45) is -0.179. The van der Waals surface area contributed by atoms with Crippen LogP contribution >= 0.6 is 0 Å². The average Bonchev–Trinajstić information content (AvgIpc) is 2.54. The fraction of sp³-hybridized carbons (Fsp3) is 0.438. The Labute approximate surface area is 132 Å². The van der Waals surface area contributed by atoms with Gasteiger partial charge in [0.1, 0.15) is 6.54 Å². The number of aliphatic hydroxyl groups is 1. The van der Waals surface area contributed by atoms with Crippen molar-refractivity contribution in [3.05, 3.63) is 40.3 Å². The van der Waals surface area contributed by atoms with Crippen LogP contribution in [0.5, 0.6) is 0 Å². The maximum atomic E-state index is 12.4. The maximum absolute atomic E-state index is 12.4. The molecule has 2 aromatic rings. The van der Waals surface area contributed by atoms with Crippen LogP contribution in [0.3, 0.4) is 0 Å². The Bertz CT molecular complexity index is 786. The van der Waals surface area contributed by atoms with Gasteiger partial charge in [0.15, 0.2) is 0 Å². The fourth-order valence-corrected chi connectivity index (χ4v) is 2.79. The molecule has 0 radical (unpaired) electrons. The van der Waals surface area contributed by atoms with Gasteiger partial charge in [-0.25, -0.2) is 4.68 Å². The van der Waals surface area contributed by atoms with Gasteiger partial charge in [-0.15, -0.1) is 0 Å². The molecule has 23 heavy (non-hydrogen) atoms. The number of carbonyl (C=O) groups is 1. The molecule has 0 unspecified atom stereocenters. The number of aromatic nitrogens is 2. The minimum absolute atomic E-state index is 0.172. The molecule has 0 aliphatic carbocycles. The normalized spacial score (nSPS) is 21.3. The molecule has 1 fully saturated rings. The van der Waals surface area contributed by atoms with Gasteiger partial charge < -0.3 is 15.2 Å². The van der Waals surface area contributed by atoms with E-state index in [0.29, 0.717) is 24.1 Å². The quantitative estimate of drug-likeness (QED) is 0.829. The SMILES string of the molecule is Cc1nn(CC(=O)N[C@@H]2CCOC[C@H]2O)c(=O)c2ccccc12. The lowest BCUT2D eigenvalue weighted by molar-refractivity contribution is -0.125. The lowest BCUT2D eigenvalue weighted by Crippen LogP contribution is -2.50. The summed E-state index contributed by atoms with van der Waals surface area (Å²) in [6, 6.07) is 6.84. The number of benzene rings is 1. The van der Waals surface area contributed by atoms with Gasteiger partial charge in [-0.1, -0.05) is 18.2 Å². The zero-order valence-corrected chi connectivity index (χ0v) is 12.9. The van der Waals surface area contributed by atoms with Crippen LogP contribution < -0.4 is 10.9 Å². The number of nitrogens with zero attached hydrogens (tertiary/aromatic N) is 2. The van der Waals surface area contributed by atoms with Crippen LogP contribution in [0.4, 0.5) is 0 Å². The van der Waals surface area contributed by atoms with Crippen LogP contribution in [0, 0.1) is 6.92 Å². The van der Waals surface area contributed by atoms with E-state index in [2.05, 4.69) is 10.4 Å². The summed E-state index contributed by atoms with van der Waals surface area (Å²) >= 11 is 0. The molecule has 0 saturated carbocycles. The highest BCUT2D eigenvalue weighted by atomic mass is 16.5. The van der Waals surface area contributed by atoms with E-state index in [-0.39, 0.29) is 30.7 Å². The Kier molecular flexibility index (Phi) is 4.40. The highest BCUT2D eigenvalue weighted by molar-refractivity contribution is 5.83. The van der Waals surface area contributed by atoms with Crippen LogP contribution in [-0.4, -0.2) is 46.2 Å². The van der Waals surface area contributed by atoms with Gasteiger partial charge in [-0.3, -0.25) is 9.59 Å². The zero-order valence-electron chi connectivity index (χ0n) is 12.9. The van der Waals surface area contributed by atoms with Crippen LogP contribution in [0.15, 0.2) is 29.1 Å². The Balaban J connectivity index is 1.80. The van der Waals surface area contributed by atoms with Crippen molar-refractivity contribution in [1.82, 2.24) is 15.1 Å². The van der Waals surface area contributed by atoms with E-state index in [0.717, 1.165) is 5.39 Å². The summed E-state index contributed by atoms with van der Waals surface area (Å²) in [4.78, 5) is 24.6. The van der Waals surface area contributed by atoms with E-state index in [1.54, 1.807) is 19.1 Å². The Morgan fingerprint density at radius 2 is 2.17 bits per heavy atom. The number of hydrogen-bond donors (Lipinski definition) is 2. The third-order valence-corrected chi connectivity index (χ3v) is 4.02. The summed E-state index contributed by atoms with van der Waals surface area (Å²) in [5.41, 5.74) is 0.396. The molecule has 7 heteroatoms. The van der Waals surface area contributed by atoms with E-state index >= 15 is 0 Å². The number of carbonyl (C=O) groups excluding carboxylic acids is 1. The molecule has 122 valence electrons. The second kappa shape index (κ2) is 6.47. The van der Waals surface area contributed by atoms with Crippen LogP contribution in [0.1, 0.15) is 12.1 Å². The van der Waals surface area contributed by atoms with Gasteiger partial charge >= 0.3 is 0 Å². The fourth-order valence-electron chi connectivity index (χ4n) is 2.79. The van der Waals surface area contributed by atoms with E-state index in [1.807, 2.05) is 12.1 Å². The first-order chi connectivity index (χ1) is 11.1. The first-order valence-corrected chi connectivity index (χ1v) is 7.58. The molecule has 2 atom stereocenters. The van der Waals surface area contributed by atoms with Gasteiger partial charge in [0.05, 0.1) is 29.8 Å². The summed E-state index contributed by atoms with van der Waals surface area (Å²) in [5.74, 6) is -0.347. The number of aliphatic hydroxyl groups excluding tert-OH is 1. The predicted molar refractivity (Wildman–Crippen MR) is 84.1 cm³/mol. The molecule has 2 N–H and O–H groups in total. The highest BCUT2D eigenvalue weighted by Gasteiger charge is 2.25.